The molecule has 2 aromatic heterocycles. The summed E-state index contributed by atoms with van der Waals surface area (Å²) in [6.45, 7) is 9.11. The second-order valence-electron chi connectivity index (χ2n) is 6.90. The normalized spacial score (nSPS) is 15.3. The van der Waals surface area contributed by atoms with E-state index in [9.17, 15) is 4.79 Å². The molecule has 0 unspecified atom stereocenters. The van der Waals surface area contributed by atoms with E-state index in [0.29, 0.717) is 0 Å². The number of carbonyl (C=O) groups is 1. The summed E-state index contributed by atoms with van der Waals surface area (Å²) in [5, 5.41) is 7.45. The maximum absolute atomic E-state index is 12.5. The number of nitrogens with one attached hydrogen (secondary N) is 2. The van der Waals surface area contributed by atoms with E-state index in [0.717, 1.165) is 59.0 Å². The van der Waals surface area contributed by atoms with E-state index < -0.39 is 0 Å². The minimum atomic E-state index is -0.00165. The molecule has 142 valence electrons. The van der Waals surface area contributed by atoms with Crippen LogP contribution in [0.5, 0.6) is 0 Å². The number of piperidine rings is 1. The Bertz CT molecular complexity index is 739. The van der Waals surface area contributed by atoms with Gasteiger partial charge >= 0.3 is 0 Å². The van der Waals surface area contributed by atoms with E-state index in [1.165, 1.54) is 43.7 Å². The highest BCUT2D eigenvalue weighted by Gasteiger charge is 2.19. The first kappa shape index (κ1) is 19.0. The summed E-state index contributed by atoms with van der Waals surface area (Å²) < 4.78 is 0. The van der Waals surface area contributed by atoms with Crippen LogP contribution in [0.1, 0.15) is 54.3 Å². The molecular weight excluding hydrogens is 346 g/mol. The lowest BCUT2D eigenvalue weighted by molar-refractivity contribution is 0.0957. The Kier molecular flexibility index (Phi) is 6.80. The molecule has 26 heavy (non-hydrogen) atoms. The van der Waals surface area contributed by atoms with Crippen molar-refractivity contribution >= 4 is 33.3 Å². The van der Waals surface area contributed by atoms with Gasteiger partial charge in [-0.2, -0.15) is 0 Å². The fraction of sp³-hybridized carbons (Fsp3) is 0.632. The number of anilines is 1. The van der Waals surface area contributed by atoms with Crippen molar-refractivity contribution in [2.24, 2.45) is 0 Å². The molecule has 1 aliphatic heterocycles. The molecule has 1 amide bonds. The summed E-state index contributed by atoms with van der Waals surface area (Å²) >= 11 is 1.45. The van der Waals surface area contributed by atoms with Gasteiger partial charge in [-0.25, -0.2) is 9.97 Å². The van der Waals surface area contributed by atoms with Gasteiger partial charge in [0.1, 0.15) is 17.0 Å². The summed E-state index contributed by atoms with van der Waals surface area (Å²) in [4.78, 5) is 25.4. The first-order valence-corrected chi connectivity index (χ1v) is 10.5. The predicted molar refractivity (Wildman–Crippen MR) is 108 cm³/mol. The van der Waals surface area contributed by atoms with Crippen LogP contribution in [0.15, 0.2) is 6.33 Å². The van der Waals surface area contributed by atoms with Crippen LogP contribution < -0.4 is 10.6 Å². The fourth-order valence-corrected chi connectivity index (χ4v) is 4.46. The van der Waals surface area contributed by atoms with Gasteiger partial charge in [-0.3, -0.25) is 4.79 Å². The summed E-state index contributed by atoms with van der Waals surface area (Å²) in [7, 11) is 0. The van der Waals surface area contributed by atoms with Crippen molar-refractivity contribution in [3.05, 3.63) is 16.8 Å². The van der Waals surface area contributed by atoms with Crippen molar-refractivity contribution in [1.29, 1.82) is 0 Å². The van der Waals surface area contributed by atoms with Gasteiger partial charge < -0.3 is 15.5 Å². The largest absolute Gasteiger partial charge is 0.368 e. The lowest BCUT2D eigenvalue weighted by atomic mass is 10.1. The zero-order valence-corrected chi connectivity index (χ0v) is 16.6. The van der Waals surface area contributed by atoms with Gasteiger partial charge in [0, 0.05) is 19.6 Å². The molecule has 0 saturated carbocycles. The average molecular weight is 376 g/mol. The Balaban J connectivity index is 1.69. The molecule has 1 aliphatic rings. The van der Waals surface area contributed by atoms with E-state index in [4.69, 9.17) is 0 Å². The molecule has 0 aliphatic carbocycles. The molecule has 1 fully saturated rings. The van der Waals surface area contributed by atoms with Gasteiger partial charge in [0.2, 0.25) is 0 Å². The zero-order valence-electron chi connectivity index (χ0n) is 15.8. The summed E-state index contributed by atoms with van der Waals surface area (Å²) in [5.41, 5.74) is 0.972. The van der Waals surface area contributed by atoms with Crippen molar-refractivity contribution in [3.8, 4) is 0 Å². The standard InChI is InChI=1S/C19H29N5OS/c1-3-4-8-21-18(25)16-14(2)15-17(22-13-23-19(15)26-16)20-9-12-24-10-6-5-7-11-24/h13H,3-12H2,1-2H3,(H,21,25)(H,20,22,23). The number of aromatic nitrogens is 2. The molecule has 6 nitrogen and oxygen atoms in total. The van der Waals surface area contributed by atoms with Crippen molar-refractivity contribution in [2.75, 3.05) is 38.0 Å². The smallest absolute Gasteiger partial charge is 0.261 e. The molecule has 7 heteroatoms. The second-order valence-corrected chi connectivity index (χ2v) is 7.90. The lowest BCUT2D eigenvalue weighted by Crippen LogP contribution is -2.33. The Hall–Kier alpha value is -1.73. The molecule has 0 spiro atoms. The van der Waals surface area contributed by atoms with Crippen molar-refractivity contribution < 1.29 is 4.79 Å². The highest BCUT2D eigenvalue weighted by molar-refractivity contribution is 7.20. The average Bonchev–Trinajstić information content (AvgIpc) is 3.00. The molecule has 2 aromatic rings. The van der Waals surface area contributed by atoms with Crippen LogP contribution in [0, 0.1) is 6.92 Å². The Morgan fingerprint density at radius 1 is 1.23 bits per heavy atom. The lowest BCUT2D eigenvalue weighted by Gasteiger charge is -2.26. The number of hydrogen-bond donors (Lipinski definition) is 2. The zero-order chi connectivity index (χ0) is 18.4. The van der Waals surface area contributed by atoms with Gasteiger partial charge in [-0.15, -0.1) is 11.3 Å². The number of aryl methyl sites for hydroxylation is 1. The number of unbranched alkanes of at least 4 members (excludes halogenated alkanes) is 1. The molecule has 1 saturated heterocycles. The third kappa shape index (κ3) is 4.51. The fourth-order valence-electron chi connectivity index (χ4n) is 3.40. The van der Waals surface area contributed by atoms with Crippen LogP contribution in [-0.2, 0) is 0 Å². The van der Waals surface area contributed by atoms with Crippen LogP contribution in [0.3, 0.4) is 0 Å². The maximum Gasteiger partial charge on any atom is 0.261 e. The van der Waals surface area contributed by atoms with Crippen LogP contribution in [0.25, 0.3) is 10.2 Å². The predicted octanol–water partition coefficient (Wildman–Crippen LogP) is 3.43. The van der Waals surface area contributed by atoms with E-state index in [2.05, 4.69) is 32.4 Å². The number of carbonyl (C=O) groups excluding carboxylic acids is 1. The molecule has 0 radical (unpaired) electrons. The van der Waals surface area contributed by atoms with E-state index in [1.807, 2.05) is 6.92 Å². The van der Waals surface area contributed by atoms with Crippen LogP contribution in [0.4, 0.5) is 5.82 Å². The third-order valence-corrected chi connectivity index (χ3v) is 6.12. The molecule has 3 heterocycles. The molecule has 3 rings (SSSR count). The van der Waals surface area contributed by atoms with Crippen LogP contribution in [-0.4, -0.2) is 53.5 Å². The number of likely N-dealkylation sites (tertiary alicyclic amines) is 1. The van der Waals surface area contributed by atoms with Gasteiger partial charge in [0.05, 0.1) is 10.3 Å². The van der Waals surface area contributed by atoms with Gasteiger partial charge in [0.25, 0.3) is 5.91 Å². The van der Waals surface area contributed by atoms with Crippen molar-refractivity contribution in [2.45, 2.75) is 46.0 Å². The quantitative estimate of drug-likeness (QED) is 0.692. The van der Waals surface area contributed by atoms with Crippen LogP contribution >= 0.6 is 11.3 Å². The summed E-state index contributed by atoms with van der Waals surface area (Å²) in [6, 6.07) is 0. The number of fused-ring (bicyclic) bond motifs is 1. The van der Waals surface area contributed by atoms with Crippen molar-refractivity contribution in [3.63, 3.8) is 0 Å². The molecule has 0 aromatic carbocycles. The number of hydrogen-bond acceptors (Lipinski definition) is 6. The highest BCUT2D eigenvalue weighted by atomic mass is 32.1. The molecular formula is C19H29N5OS. The summed E-state index contributed by atoms with van der Waals surface area (Å²) in [6.07, 6.45) is 7.62. The molecule has 0 bridgehead atoms. The number of thiophene rings is 1. The number of nitrogens with zero attached hydrogens (tertiary/aromatic N) is 3. The Morgan fingerprint density at radius 2 is 2.04 bits per heavy atom. The highest BCUT2D eigenvalue weighted by Crippen LogP contribution is 2.33. The summed E-state index contributed by atoms with van der Waals surface area (Å²) in [5.74, 6) is 0.839. The van der Waals surface area contributed by atoms with E-state index in [1.54, 1.807) is 6.33 Å². The number of rotatable bonds is 8. The second kappa shape index (κ2) is 9.28. The van der Waals surface area contributed by atoms with Crippen LogP contribution in [0.2, 0.25) is 0 Å². The minimum absolute atomic E-state index is 0.00165. The minimum Gasteiger partial charge on any atom is -0.368 e. The SMILES string of the molecule is CCCCNC(=O)c1sc2ncnc(NCCN3CCCCC3)c2c1C. The van der Waals surface area contributed by atoms with E-state index in [-0.39, 0.29) is 5.91 Å². The maximum atomic E-state index is 12.5. The third-order valence-electron chi connectivity index (χ3n) is 4.92. The van der Waals surface area contributed by atoms with Crippen molar-refractivity contribution in [1.82, 2.24) is 20.2 Å². The molecule has 2 N–H and O–H groups in total. The van der Waals surface area contributed by atoms with E-state index >= 15 is 0 Å². The number of amides is 1. The van der Waals surface area contributed by atoms with Gasteiger partial charge in [0.15, 0.2) is 0 Å². The monoisotopic (exact) mass is 375 g/mol. The topological polar surface area (TPSA) is 70.1 Å². The first-order valence-electron chi connectivity index (χ1n) is 9.69. The first-order chi connectivity index (χ1) is 12.7. The Labute approximate surface area is 159 Å². The van der Waals surface area contributed by atoms with Gasteiger partial charge in [-0.05, 0) is 44.8 Å². The Morgan fingerprint density at radius 3 is 2.81 bits per heavy atom. The molecule has 0 atom stereocenters. The van der Waals surface area contributed by atoms with Gasteiger partial charge in [-0.1, -0.05) is 19.8 Å².